The van der Waals surface area contributed by atoms with Gasteiger partial charge in [0.1, 0.15) is 5.82 Å². The Hall–Kier alpha value is -1.15. The summed E-state index contributed by atoms with van der Waals surface area (Å²) in [5.41, 5.74) is 1.26. The van der Waals surface area contributed by atoms with E-state index in [-0.39, 0.29) is 16.4 Å². The van der Waals surface area contributed by atoms with Crippen LogP contribution in [-0.2, 0) is 0 Å². The Morgan fingerprint density at radius 2 is 2.00 bits per heavy atom. The zero-order valence-corrected chi connectivity index (χ0v) is 10.1. The zero-order chi connectivity index (χ0) is 12.1. The Kier molecular flexibility index (Phi) is 4.69. The topological polar surface area (TPSA) is 17.1 Å². The van der Waals surface area contributed by atoms with Gasteiger partial charge >= 0.3 is 0 Å². The maximum atomic E-state index is 13.0. The van der Waals surface area contributed by atoms with Crippen LogP contribution >= 0.6 is 11.6 Å². The fraction of sp³-hybridized carbons (Fsp3) is 0.308. The molecule has 0 fully saturated rings. The van der Waals surface area contributed by atoms with E-state index in [0.29, 0.717) is 0 Å². The third-order valence-electron chi connectivity index (χ3n) is 2.44. The van der Waals surface area contributed by atoms with E-state index in [0.717, 1.165) is 18.4 Å². The van der Waals surface area contributed by atoms with Gasteiger partial charge in [-0.25, -0.2) is 4.39 Å². The number of halogens is 2. The molecule has 0 heterocycles. The number of allylic oxidation sites excluding steroid dienone is 2. The molecule has 0 aliphatic rings. The Labute approximate surface area is 99.9 Å². The van der Waals surface area contributed by atoms with Gasteiger partial charge in [0, 0.05) is 5.56 Å². The highest BCUT2D eigenvalue weighted by Crippen LogP contribution is 2.19. The molecule has 0 atom stereocenters. The maximum Gasteiger partial charge on any atom is 0.187 e. The lowest BCUT2D eigenvalue weighted by atomic mass is 10.0. The largest absolute Gasteiger partial charge is 0.289 e. The van der Waals surface area contributed by atoms with E-state index in [1.807, 2.05) is 13.8 Å². The third kappa shape index (κ3) is 3.17. The van der Waals surface area contributed by atoms with Crippen LogP contribution in [0.4, 0.5) is 4.39 Å². The monoisotopic (exact) mass is 240 g/mol. The number of carbonyl (C=O) groups is 1. The molecule has 0 aliphatic heterocycles. The van der Waals surface area contributed by atoms with Crippen molar-refractivity contribution >= 4 is 17.4 Å². The van der Waals surface area contributed by atoms with Gasteiger partial charge in [0.15, 0.2) is 5.78 Å². The minimum atomic E-state index is -0.448. The standard InChI is InChI=1S/C13H14ClFO/c1-3-9(4-2)7-13(16)11-8-10(15)5-6-12(11)14/h5-8H,3-4H2,1-2H3. The predicted octanol–water partition coefficient (Wildman–Crippen LogP) is 4.41. The first-order chi connectivity index (χ1) is 7.58. The summed E-state index contributed by atoms with van der Waals surface area (Å²) in [6, 6.07) is 3.81. The van der Waals surface area contributed by atoms with Gasteiger partial charge in [0.2, 0.25) is 0 Å². The summed E-state index contributed by atoms with van der Waals surface area (Å²) >= 11 is 5.84. The predicted molar refractivity (Wildman–Crippen MR) is 64.4 cm³/mol. The minimum Gasteiger partial charge on any atom is -0.289 e. The van der Waals surface area contributed by atoms with Crippen molar-refractivity contribution in [3.63, 3.8) is 0 Å². The summed E-state index contributed by atoms with van der Waals surface area (Å²) in [7, 11) is 0. The molecule has 0 spiro atoms. The van der Waals surface area contributed by atoms with E-state index in [1.165, 1.54) is 18.2 Å². The maximum absolute atomic E-state index is 13.0. The van der Waals surface area contributed by atoms with Crippen molar-refractivity contribution in [1.29, 1.82) is 0 Å². The van der Waals surface area contributed by atoms with Crippen LogP contribution in [0.3, 0.4) is 0 Å². The average molecular weight is 241 g/mol. The quantitative estimate of drug-likeness (QED) is 0.563. The lowest BCUT2D eigenvalue weighted by Crippen LogP contribution is -1.98. The second kappa shape index (κ2) is 5.80. The molecule has 0 aliphatic carbocycles. The van der Waals surface area contributed by atoms with E-state index in [4.69, 9.17) is 11.6 Å². The first-order valence-corrected chi connectivity index (χ1v) is 5.65. The average Bonchev–Trinajstić information content (AvgIpc) is 2.28. The first kappa shape index (κ1) is 12.9. The highest BCUT2D eigenvalue weighted by molar-refractivity contribution is 6.34. The van der Waals surface area contributed by atoms with E-state index in [2.05, 4.69) is 0 Å². The summed E-state index contributed by atoms with van der Waals surface area (Å²) < 4.78 is 13.0. The molecule has 1 aromatic rings. The van der Waals surface area contributed by atoms with Crippen LogP contribution in [-0.4, -0.2) is 5.78 Å². The zero-order valence-electron chi connectivity index (χ0n) is 9.39. The van der Waals surface area contributed by atoms with E-state index in [1.54, 1.807) is 6.08 Å². The van der Waals surface area contributed by atoms with Crippen LogP contribution in [0.5, 0.6) is 0 Å². The first-order valence-electron chi connectivity index (χ1n) is 5.27. The van der Waals surface area contributed by atoms with Crippen LogP contribution in [0, 0.1) is 5.82 Å². The van der Waals surface area contributed by atoms with Gasteiger partial charge in [0.25, 0.3) is 0 Å². The smallest absolute Gasteiger partial charge is 0.187 e. The van der Waals surface area contributed by atoms with Gasteiger partial charge in [-0.2, -0.15) is 0 Å². The highest BCUT2D eigenvalue weighted by Gasteiger charge is 2.09. The van der Waals surface area contributed by atoms with E-state index < -0.39 is 5.82 Å². The van der Waals surface area contributed by atoms with Crippen molar-refractivity contribution in [2.24, 2.45) is 0 Å². The summed E-state index contributed by atoms with van der Waals surface area (Å²) in [6.45, 7) is 3.96. The van der Waals surface area contributed by atoms with Gasteiger partial charge in [-0.1, -0.05) is 31.0 Å². The molecular weight excluding hydrogens is 227 g/mol. The second-order valence-electron chi connectivity index (χ2n) is 3.50. The van der Waals surface area contributed by atoms with E-state index >= 15 is 0 Å². The number of hydrogen-bond acceptors (Lipinski definition) is 1. The lowest BCUT2D eigenvalue weighted by Gasteiger charge is -2.02. The van der Waals surface area contributed by atoms with Crippen molar-refractivity contribution in [2.45, 2.75) is 26.7 Å². The summed E-state index contributed by atoms with van der Waals surface area (Å²) in [5, 5.41) is 0.286. The fourth-order valence-corrected chi connectivity index (χ4v) is 1.61. The summed E-state index contributed by atoms with van der Waals surface area (Å²) in [5.74, 6) is -0.682. The molecule has 0 bridgehead atoms. The molecular formula is C13H14ClFO. The number of ketones is 1. The molecule has 0 saturated carbocycles. The molecule has 1 aromatic carbocycles. The van der Waals surface area contributed by atoms with Crippen molar-refractivity contribution < 1.29 is 9.18 Å². The lowest BCUT2D eigenvalue weighted by molar-refractivity contribution is 0.104. The number of carbonyl (C=O) groups excluding carboxylic acids is 1. The van der Waals surface area contributed by atoms with Crippen LogP contribution < -0.4 is 0 Å². The van der Waals surface area contributed by atoms with Crippen molar-refractivity contribution in [1.82, 2.24) is 0 Å². The Balaban J connectivity index is 3.05. The van der Waals surface area contributed by atoms with E-state index in [9.17, 15) is 9.18 Å². The van der Waals surface area contributed by atoms with Gasteiger partial charge in [-0.15, -0.1) is 0 Å². The highest BCUT2D eigenvalue weighted by atomic mass is 35.5. The third-order valence-corrected chi connectivity index (χ3v) is 2.77. The summed E-state index contributed by atoms with van der Waals surface area (Å²) in [4.78, 5) is 11.8. The van der Waals surface area contributed by atoms with Gasteiger partial charge in [-0.3, -0.25) is 4.79 Å². The van der Waals surface area contributed by atoms with Crippen molar-refractivity contribution in [3.05, 3.63) is 46.3 Å². The van der Waals surface area contributed by atoms with Crippen LogP contribution in [0.25, 0.3) is 0 Å². The molecule has 0 radical (unpaired) electrons. The molecule has 1 nitrogen and oxygen atoms in total. The Morgan fingerprint density at radius 3 is 2.56 bits per heavy atom. The van der Waals surface area contributed by atoms with Gasteiger partial charge in [-0.05, 0) is 37.1 Å². The van der Waals surface area contributed by atoms with Crippen LogP contribution in [0.2, 0.25) is 5.02 Å². The van der Waals surface area contributed by atoms with Crippen molar-refractivity contribution in [2.75, 3.05) is 0 Å². The Bertz CT molecular complexity index is 418. The molecule has 0 amide bonds. The number of benzene rings is 1. The molecule has 0 aromatic heterocycles. The molecule has 0 saturated heterocycles. The number of hydrogen-bond donors (Lipinski definition) is 0. The normalized spacial score (nSPS) is 10.0. The van der Waals surface area contributed by atoms with Crippen LogP contribution in [0.1, 0.15) is 37.0 Å². The van der Waals surface area contributed by atoms with Crippen molar-refractivity contribution in [3.8, 4) is 0 Å². The van der Waals surface area contributed by atoms with Gasteiger partial charge in [0.05, 0.1) is 5.02 Å². The minimum absolute atomic E-state index is 0.223. The van der Waals surface area contributed by atoms with Gasteiger partial charge < -0.3 is 0 Å². The molecule has 3 heteroatoms. The molecule has 1 rings (SSSR count). The number of rotatable bonds is 4. The second-order valence-corrected chi connectivity index (χ2v) is 3.91. The molecule has 86 valence electrons. The SMILES string of the molecule is CCC(=CC(=O)c1cc(F)ccc1Cl)CC. The molecule has 0 N–H and O–H groups in total. The molecule has 16 heavy (non-hydrogen) atoms. The Morgan fingerprint density at radius 1 is 1.38 bits per heavy atom. The molecule has 0 unspecified atom stereocenters. The van der Waals surface area contributed by atoms with Crippen LogP contribution in [0.15, 0.2) is 29.8 Å². The fourth-order valence-electron chi connectivity index (χ4n) is 1.40. The summed E-state index contributed by atoms with van der Waals surface area (Å²) in [6.07, 6.45) is 3.17.